The third-order valence-electron chi connectivity index (χ3n) is 5.95. The van der Waals surface area contributed by atoms with E-state index in [0.717, 1.165) is 40.7 Å². The number of rotatable bonds is 4. The van der Waals surface area contributed by atoms with Gasteiger partial charge in [-0.1, -0.05) is 43.1 Å². The van der Waals surface area contributed by atoms with Crippen LogP contribution < -0.4 is 10.6 Å². The first kappa shape index (κ1) is 21.9. The summed E-state index contributed by atoms with van der Waals surface area (Å²) in [5.74, 6) is 0.335. The SMILES string of the molecule is CCC(C)(C)C1CCc2c(sc(NC(=S)NC(=O)c3ccc(Br)cc3)c2C#N)C1. The summed E-state index contributed by atoms with van der Waals surface area (Å²) in [4.78, 5) is 13.6. The van der Waals surface area contributed by atoms with Gasteiger partial charge in [-0.15, -0.1) is 11.3 Å². The van der Waals surface area contributed by atoms with Crippen molar-refractivity contribution in [3.8, 4) is 6.07 Å². The molecular weight excluding hydrogens is 466 g/mol. The van der Waals surface area contributed by atoms with E-state index >= 15 is 0 Å². The molecule has 0 spiro atoms. The van der Waals surface area contributed by atoms with Gasteiger partial charge >= 0.3 is 0 Å². The summed E-state index contributed by atoms with van der Waals surface area (Å²) >= 11 is 10.3. The van der Waals surface area contributed by atoms with E-state index in [1.54, 1.807) is 35.6 Å². The number of benzene rings is 1. The summed E-state index contributed by atoms with van der Waals surface area (Å²) < 4.78 is 0.905. The van der Waals surface area contributed by atoms with Crippen LogP contribution in [0.2, 0.25) is 0 Å². The lowest BCUT2D eigenvalue weighted by Gasteiger charge is -2.36. The number of hydrogen-bond donors (Lipinski definition) is 2. The molecule has 0 radical (unpaired) electrons. The largest absolute Gasteiger partial charge is 0.323 e. The summed E-state index contributed by atoms with van der Waals surface area (Å²) in [6.45, 7) is 6.89. The van der Waals surface area contributed by atoms with Gasteiger partial charge in [0.2, 0.25) is 0 Å². The van der Waals surface area contributed by atoms with Crippen LogP contribution in [0, 0.1) is 22.7 Å². The number of thiophene rings is 1. The maximum Gasteiger partial charge on any atom is 0.257 e. The number of carbonyl (C=O) groups is 1. The smallest absolute Gasteiger partial charge is 0.257 e. The van der Waals surface area contributed by atoms with Crippen molar-refractivity contribution in [3.63, 3.8) is 0 Å². The normalized spacial score (nSPS) is 15.9. The van der Waals surface area contributed by atoms with Crippen LogP contribution in [0.1, 0.15) is 60.0 Å². The molecule has 2 N–H and O–H groups in total. The molecule has 0 saturated heterocycles. The second-order valence-electron chi connectivity index (χ2n) is 8.02. The Morgan fingerprint density at radius 3 is 2.69 bits per heavy atom. The van der Waals surface area contributed by atoms with Crippen molar-refractivity contribution < 1.29 is 4.79 Å². The van der Waals surface area contributed by atoms with Gasteiger partial charge in [0.15, 0.2) is 5.11 Å². The van der Waals surface area contributed by atoms with Crippen molar-refractivity contribution in [2.24, 2.45) is 11.3 Å². The van der Waals surface area contributed by atoms with Crippen LogP contribution in [0.4, 0.5) is 5.00 Å². The lowest BCUT2D eigenvalue weighted by Crippen LogP contribution is -2.34. The Labute approximate surface area is 189 Å². The molecule has 1 amide bonds. The number of nitriles is 1. The van der Waals surface area contributed by atoms with Crippen molar-refractivity contribution in [1.29, 1.82) is 5.26 Å². The monoisotopic (exact) mass is 489 g/mol. The Bertz CT molecular complexity index is 973. The first-order valence-corrected chi connectivity index (χ1v) is 11.7. The zero-order chi connectivity index (χ0) is 21.2. The number of nitrogens with zero attached hydrogens (tertiary/aromatic N) is 1. The Balaban J connectivity index is 1.73. The second-order valence-corrected chi connectivity index (χ2v) is 10.4. The maximum absolute atomic E-state index is 12.4. The van der Waals surface area contributed by atoms with Crippen molar-refractivity contribution in [2.45, 2.75) is 46.5 Å². The minimum absolute atomic E-state index is 0.207. The summed E-state index contributed by atoms with van der Waals surface area (Å²) in [5.41, 5.74) is 2.62. The fraction of sp³-hybridized carbons (Fsp3) is 0.409. The molecule has 0 fully saturated rings. The van der Waals surface area contributed by atoms with Gasteiger partial charge in [0.1, 0.15) is 11.1 Å². The van der Waals surface area contributed by atoms with E-state index < -0.39 is 0 Å². The summed E-state index contributed by atoms with van der Waals surface area (Å²) in [7, 11) is 0. The molecule has 29 heavy (non-hydrogen) atoms. The first-order chi connectivity index (χ1) is 13.7. The minimum Gasteiger partial charge on any atom is -0.323 e. The molecule has 0 saturated carbocycles. The van der Waals surface area contributed by atoms with Gasteiger partial charge in [-0.3, -0.25) is 10.1 Å². The Kier molecular flexibility index (Phi) is 6.77. The van der Waals surface area contributed by atoms with Gasteiger partial charge in [0, 0.05) is 14.9 Å². The van der Waals surface area contributed by atoms with E-state index in [0.29, 0.717) is 17.0 Å². The van der Waals surface area contributed by atoms with Gasteiger partial charge in [0.05, 0.1) is 5.56 Å². The molecule has 3 rings (SSSR count). The number of halogens is 1. The van der Waals surface area contributed by atoms with E-state index in [1.165, 1.54) is 4.88 Å². The third-order valence-corrected chi connectivity index (χ3v) is 7.86. The number of carbonyl (C=O) groups excluding carboxylic acids is 1. The molecule has 152 valence electrons. The van der Waals surface area contributed by atoms with Crippen molar-refractivity contribution in [2.75, 3.05) is 5.32 Å². The van der Waals surface area contributed by atoms with Gasteiger partial charge < -0.3 is 5.32 Å². The molecule has 1 aromatic carbocycles. The Hall–Kier alpha value is -1.75. The van der Waals surface area contributed by atoms with Crippen LogP contribution in [-0.4, -0.2) is 11.0 Å². The van der Waals surface area contributed by atoms with Gasteiger partial charge in [-0.25, -0.2) is 0 Å². The van der Waals surface area contributed by atoms with Crippen LogP contribution in [-0.2, 0) is 12.8 Å². The molecule has 4 nitrogen and oxygen atoms in total. The van der Waals surface area contributed by atoms with Gasteiger partial charge in [-0.05, 0) is 72.6 Å². The highest BCUT2D eigenvalue weighted by Crippen LogP contribution is 2.45. The van der Waals surface area contributed by atoms with Crippen LogP contribution in [0.3, 0.4) is 0 Å². The Morgan fingerprint density at radius 2 is 2.07 bits per heavy atom. The van der Waals surface area contributed by atoms with Gasteiger partial charge in [0.25, 0.3) is 5.91 Å². The van der Waals surface area contributed by atoms with Crippen LogP contribution in [0.25, 0.3) is 0 Å². The predicted molar refractivity (Wildman–Crippen MR) is 126 cm³/mol. The highest BCUT2D eigenvalue weighted by atomic mass is 79.9. The lowest BCUT2D eigenvalue weighted by atomic mass is 9.69. The number of amides is 1. The molecule has 2 aromatic rings. The molecular formula is C22H24BrN3OS2. The van der Waals surface area contributed by atoms with Gasteiger partial charge in [-0.2, -0.15) is 5.26 Å². The molecule has 1 atom stereocenters. The summed E-state index contributed by atoms with van der Waals surface area (Å²) in [6.07, 6.45) is 4.15. The molecule has 0 bridgehead atoms. The van der Waals surface area contributed by atoms with Crippen molar-refractivity contribution in [3.05, 3.63) is 50.3 Å². The maximum atomic E-state index is 12.4. The highest BCUT2D eigenvalue weighted by Gasteiger charge is 2.34. The second kappa shape index (κ2) is 8.95. The van der Waals surface area contributed by atoms with Crippen LogP contribution in [0.15, 0.2) is 28.7 Å². The number of anilines is 1. The van der Waals surface area contributed by atoms with E-state index in [4.69, 9.17) is 12.2 Å². The van der Waals surface area contributed by atoms with Crippen LogP contribution >= 0.6 is 39.5 Å². The highest BCUT2D eigenvalue weighted by molar-refractivity contribution is 9.10. The van der Waals surface area contributed by atoms with E-state index in [2.05, 4.69) is 53.4 Å². The molecule has 1 aliphatic carbocycles. The number of nitrogens with one attached hydrogen (secondary N) is 2. The summed E-state index contributed by atoms with van der Waals surface area (Å²) in [6, 6.07) is 9.40. The average molecular weight is 490 g/mol. The standard InChI is InChI=1S/C22H24BrN3OS2/c1-4-22(2,3)14-7-10-16-17(12-24)20(29-18(16)11-14)26-21(28)25-19(27)13-5-8-15(23)9-6-13/h5-6,8-9,14H,4,7,10-11H2,1-3H3,(H2,25,26,27,28). The lowest BCUT2D eigenvalue weighted by molar-refractivity contribution is 0.0977. The number of hydrogen-bond acceptors (Lipinski definition) is 4. The molecule has 1 aliphatic rings. The zero-order valence-corrected chi connectivity index (χ0v) is 20.0. The molecule has 1 unspecified atom stereocenters. The predicted octanol–water partition coefficient (Wildman–Crippen LogP) is 6.05. The van der Waals surface area contributed by atoms with Crippen LogP contribution in [0.5, 0.6) is 0 Å². The van der Waals surface area contributed by atoms with E-state index in [9.17, 15) is 10.1 Å². The Morgan fingerprint density at radius 1 is 1.38 bits per heavy atom. The minimum atomic E-state index is -0.278. The first-order valence-electron chi connectivity index (χ1n) is 9.67. The number of fused-ring (bicyclic) bond motifs is 1. The zero-order valence-electron chi connectivity index (χ0n) is 16.8. The van der Waals surface area contributed by atoms with Crippen molar-refractivity contribution >= 4 is 55.5 Å². The number of thiocarbonyl (C=S) groups is 1. The topological polar surface area (TPSA) is 64.9 Å². The molecule has 0 aliphatic heterocycles. The fourth-order valence-corrected chi connectivity index (χ4v) is 5.46. The third kappa shape index (κ3) is 4.88. The average Bonchev–Trinajstić information content (AvgIpc) is 3.04. The molecule has 1 heterocycles. The van der Waals surface area contributed by atoms with E-state index in [-0.39, 0.29) is 16.4 Å². The quantitative estimate of drug-likeness (QED) is 0.512. The van der Waals surface area contributed by atoms with Crippen molar-refractivity contribution in [1.82, 2.24) is 5.32 Å². The molecule has 1 aromatic heterocycles. The fourth-order valence-electron chi connectivity index (χ4n) is 3.66. The summed E-state index contributed by atoms with van der Waals surface area (Å²) in [5, 5.41) is 16.4. The van der Waals surface area contributed by atoms with E-state index in [1.807, 2.05) is 0 Å². The molecule has 7 heteroatoms.